The summed E-state index contributed by atoms with van der Waals surface area (Å²) in [7, 11) is 0. The summed E-state index contributed by atoms with van der Waals surface area (Å²) in [5.74, 6) is -1.28. The summed E-state index contributed by atoms with van der Waals surface area (Å²) < 4.78 is 5.25. The second-order valence-electron chi connectivity index (χ2n) is 8.41. The first-order chi connectivity index (χ1) is 11.4. The Morgan fingerprint density at radius 2 is 1.64 bits per heavy atom. The van der Waals surface area contributed by atoms with Gasteiger partial charge in [-0.3, -0.25) is 9.59 Å². The van der Waals surface area contributed by atoms with Crippen LogP contribution in [0.5, 0.6) is 0 Å². The van der Waals surface area contributed by atoms with Crippen molar-refractivity contribution in [1.29, 1.82) is 0 Å². The molecule has 0 aliphatic rings. The summed E-state index contributed by atoms with van der Waals surface area (Å²) in [5, 5.41) is 12.1. The topological polar surface area (TPSA) is 75.6 Å². The van der Waals surface area contributed by atoms with E-state index in [4.69, 9.17) is 9.84 Å². The first-order valence-corrected chi connectivity index (χ1v) is 8.63. The molecular formula is C20H31NO4. The van der Waals surface area contributed by atoms with Crippen LogP contribution in [0.25, 0.3) is 0 Å². The molecule has 1 rings (SSSR count). The molecule has 0 saturated heterocycles. The van der Waals surface area contributed by atoms with Crippen molar-refractivity contribution in [2.45, 2.75) is 71.4 Å². The maximum absolute atomic E-state index is 11.8. The van der Waals surface area contributed by atoms with Gasteiger partial charge in [0.05, 0.1) is 13.0 Å². The quantitative estimate of drug-likeness (QED) is 0.739. The highest BCUT2D eigenvalue weighted by atomic mass is 16.6. The number of rotatable bonds is 7. The van der Waals surface area contributed by atoms with E-state index in [-0.39, 0.29) is 30.4 Å². The Labute approximate surface area is 150 Å². The highest BCUT2D eigenvalue weighted by Crippen LogP contribution is 2.22. The highest BCUT2D eigenvalue weighted by molar-refractivity contribution is 5.72. The monoisotopic (exact) mass is 349 g/mol. The van der Waals surface area contributed by atoms with Crippen molar-refractivity contribution < 1.29 is 19.4 Å². The molecule has 5 heteroatoms. The van der Waals surface area contributed by atoms with E-state index >= 15 is 0 Å². The number of carbonyl (C=O) groups is 2. The lowest BCUT2D eigenvalue weighted by Crippen LogP contribution is -2.39. The van der Waals surface area contributed by atoms with Crippen LogP contribution in [-0.4, -0.2) is 35.2 Å². The van der Waals surface area contributed by atoms with E-state index in [9.17, 15) is 9.59 Å². The van der Waals surface area contributed by atoms with Crippen molar-refractivity contribution in [3.8, 4) is 0 Å². The molecule has 140 valence electrons. The number of carbonyl (C=O) groups excluding carboxylic acids is 1. The fraction of sp³-hybridized carbons (Fsp3) is 0.600. The number of benzene rings is 1. The minimum Gasteiger partial charge on any atom is -0.481 e. The maximum atomic E-state index is 11.8. The molecule has 0 bridgehead atoms. The van der Waals surface area contributed by atoms with Gasteiger partial charge in [0.1, 0.15) is 5.60 Å². The summed E-state index contributed by atoms with van der Waals surface area (Å²) in [6.45, 7) is 11.9. The van der Waals surface area contributed by atoms with Crippen LogP contribution in [0, 0.1) is 0 Å². The largest absolute Gasteiger partial charge is 0.481 e. The molecule has 1 aromatic carbocycles. The van der Waals surface area contributed by atoms with E-state index in [1.54, 1.807) is 20.8 Å². The lowest BCUT2D eigenvalue weighted by atomic mass is 9.86. The summed E-state index contributed by atoms with van der Waals surface area (Å²) in [6, 6.07) is 7.85. The van der Waals surface area contributed by atoms with Crippen molar-refractivity contribution in [3.05, 3.63) is 35.4 Å². The molecule has 5 nitrogen and oxygen atoms in total. The predicted molar refractivity (Wildman–Crippen MR) is 98.7 cm³/mol. The number of carboxylic acids is 1. The number of hydrogen-bond donors (Lipinski definition) is 2. The Morgan fingerprint density at radius 1 is 1.08 bits per heavy atom. The summed E-state index contributed by atoms with van der Waals surface area (Å²) in [5.41, 5.74) is 1.79. The average Bonchev–Trinajstić information content (AvgIpc) is 2.42. The van der Waals surface area contributed by atoms with Crippen LogP contribution in [-0.2, 0) is 26.2 Å². The van der Waals surface area contributed by atoms with Gasteiger partial charge >= 0.3 is 11.9 Å². The van der Waals surface area contributed by atoms with Crippen LogP contribution in [0.2, 0.25) is 0 Å². The fourth-order valence-corrected chi connectivity index (χ4v) is 2.46. The van der Waals surface area contributed by atoms with Crippen LogP contribution in [0.3, 0.4) is 0 Å². The van der Waals surface area contributed by atoms with Gasteiger partial charge in [0.2, 0.25) is 0 Å². The number of carboxylic acid groups (broad SMARTS) is 1. The zero-order valence-corrected chi connectivity index (χ0v) is 16.2. The Balaban J connectivity index is 2.70. The van der Waals surface area contributed by atoms with Crippen LogP contribution in [0.4, 0.5) is 0 Å². The Kier molecular flexibility index (Phi) is 7.17. The van der Waals surface area contributed by atoms with Gasteiger partial charge in [-0.2, -0.15) is 0 Å². The lowest BCUT2D eigenvalue weighted by Gasteiger charge is -2.22. The molecule has 0 aliphatic carbocycles. The van der Waals surface area contributed by atoms with Gasteiger partial charge in [-0.1, -0.05) is 45.0 Å². The SMILES string of the molecule is CC(C)(C)OC(=O)CNC(CC(=O)O)Cc1ccc(C(C)(C)C)cc1. The van der Waals surface area contributed by atoms with E-state index in [0.717, 1.165) is 5.56 Å². The molecule has 2 N–H and O–H groups in total. The van der Waals surface area contributed by atoms with Gasteiger partial charge in [0.15, 0.2) is 0 Å². The second kappa shape index (κ2) is 8.48. The molecular weight excluding hydrogens is 318 g/mol. The molecule has 0 aromatic heterocycles. The summed E-state index contributed by atoms with van der Waals surface area (Å²) in [4.78, 5) is 22.9. The molecule has 25 heavy (non-hydrogen) atoms. The molecule has 0 aliphatic heterocycles. The summed E-state index contributed by atoms with van der Waals surface area (Å²) >= 11 is 0. The third kappa shape index (κ3) is 8.68. The molecule has 1 aromatic rings. The van der Waals surface area contributed by atoms with E-state index in [1.165, 1.54) is 5.56 Å². The summed E-state index contributed by atoms with van der Waals surface area (Å²) in [6.07, 6.45) is 0.489. The second-order valence-corrected chi connectivity index (χ2v) is 8.41. The van der Waals surface area contributed by atoms with Crippen LogP contribution >= 0.6 is 0 Å². The molecule has 1 unspecified atom stereocenters. The minimum atomic E-state index is -0.895. The molecule has 0 spiro atoms. The molecule has 1 atom stereocenters. The average molecular weight is 349 g/mol. The normalized spacial score (nSPS) is 13.4. The Morgan fingerprint density at radius 3 is 2.08 bits per heavy atom. The van der Waals surface area contributed by atoms with Gasteiger partial charge < -0.3 is 15.2 Å². The minimum absolute atomic E-state index is 0.00467. The molecule has 0 radical (unpaired) electrons. The maximum Gasteiger partial charge on any atom is 0.320 e. The number of aliphatic carboxylic acids is 1. The zero-order valence-electron chi connectivity index (χ0n) is 16.2. The van der Waals surface area contributed by atoms with Gasteiger partial charge in [-0.05, 0) is 43.7 Å². The predicted octanol–water partition coefficient (Wildman–Crippen LogP) is 3.30. The van der Waals surface area contributed by atoms with Crippen LogP contribution < -0.4 is 5.32 Å². The number of esters is 1. The molecule has 0 fully saturated rings. The number of nitrogens with one attached hydrogen (secondary N) is 1. The van der Waals surface area contributed by atoms with Crippen molar-refractivity contribution in [1.82, 2.24) is 5.32 Å². The zero-order chi connectivity index (χ0) is 19.3. The van der Waals surface area contributed by atoms with Gasteiger partial charge in [0, 0.05) is 6.04 Å². The van der Waals surface area contributed by atoms with Gasteiger partial charge in [0.25, 0.3) is 0 Å². The van der Waals surface area contributed by atoms with Crippen LogP contribution in [0.1, 0.15) is 59.1 Å². The standard InChI is InChI=1S/C20H31NO4/c1-19(2,3)15-9-7-14(8-10-15)11-16(12-17(22)23)21-13-18(24)25-20(4,5)6/h7-10,16,21H,11-13H2,1-6H3,(H,22,23). The fourth-order valence-electron chi connectivity index (χ4n) is 2.46. The molecule has 0 heterocycles. The molecule has 0 saturated carbocycles. The lowest BCUT2D eigenvalue weighted by molar-refractivity contribution is -0.154. The smallest absolute Gasteiger partial charge is 0.320 e. The van der Waals surface area contributed by atoms with Gasteiger partial charge in [-0.25, -0.2) is 0 Å². The highest BCUT2D eigenvalue weighted by Gasteiger charge is 2.20. The van der Waals surface area contributed by atoms with E-state index < -0.39 is 11.6 Å². The van der Waals surface area contributed by atoms with E-state index in [2.05, 4.69) is 38.2 Å². The Hall–Kier alpha value is -1.88. The Bertz CT molecular complexity index is 579. The first-order valence-electron chi connectivity index (χ1n) is 8.63. The third-order valence-corrected chi connectivity index (χ3v) is 3.68. The van der Waals surface area contributed by atoms with E-state index in [1.807, 2.05) is 12.1 Å². The van der Waals surface area contributed by atoms with Crippen molar-refractivity contribution in [2.75, 3.05) is 6.54 Å². The van der Waals surface area contributed by atoms with Crippen LogP contribution in [0.15, 0.2) is 24.3 Å². The van der Waals surface area contributed by atoms with Gasteiger partial charge in [-0.15, -0.1) is 0 Å². The number of ether oxygens (including phenoxy) is 1. The van der Waals surface area contributed by atoms with Crippen molar-refractivity contribution in [3.63, 3.8) is 0 Å². The molecule has 0 amide bonds. The number of hydrogen-bond acceptors (Lipinski definition) is 4. The van der Waals surface area contributed by atoms with Crippen molar-refractivity contribution in [2.24, 2.45) is 0 Å². The first kappa shape index (κ1) is 21.2. The van der Waals surface area contributed by atoms with E-state index in [0.29, 0.717) is 6.42 Å². The van der Waals surface area contributed by atoms with Crippen molar-refractivity contribution >= 4 is 11.9 Å². The third-order valence-electron chi connectivity index (χ3n) is 3.68.